The Bertz CT molecular complexity index is 370. The minimum atomic E-state index is -0.341. The van der Waals surface area contributed by atoms with E-state index in [4.69, 9.17) is 9.47 Å². The van der Waals surface area contributed by atoms with Crippen LogP contribution >= 0.6 is 0 Å². The number of aliphatic hydroxyl groups excluding tert-OH is 1. The quantitative estimate of drug-likeness (QED) is 0.852. The molecule has 0 aromatic heterocycles. The van der Waals surface area contributed by atoms with Crippen molar-refractivity contribution in [3.05, 3.63) is 23.3 Å². The summed E-state index contributed by atoms with van der Waals surface area (Å²) in [6.07, 6.45) is 0. The van der Waals surface area contributed by atoms with Gasteiger partial charge in [0.15, 0.2) is 0 Å². The third-order valence-electron chi connectivity index (χ3n) is 2.84. The minimum absolute atomic E-state index is 0.0651. The maximum Gasteiger partial charge on any atom is 0.123 e. The van der Waals surface area contributed by atoms with Gasteiger partial charge in [-0.1, -0.05) is 13.8 Å². The second kappa shape index (κ2) is 4.74. The minimum Gasteiger partial charge on any atom is -0.496 e. The number of ether oxygens (including phenoxy) is 2. The van der Waals surface area contributed by atoms with Gasteiger partial charge in [0.1, 0.15) is 11.5 Å². The lowest BCUT2D eigenvalue weighted by molar-refractivity contribution is 0.214. The zero-order valence-corrected chi connectivity index (χ0v) is 10.6. The summed E-state index contributed by atoms with van der Waals surface area (Å²) >= 11 is 0. The zero-order valence-electron chi connectivity index (χ0n) is 10.6. The summed E-state index contributed by atoms with van der Waals surface area (Å²) in [5.41, 5.74) is 1.64. The molecule has 0 heterocycles. The molecule has 0 aliphatic heterocycles. The molecule has 0 saturated carbocycles. The summed E-state index contributed by atoms with van der Waals surface area (Å²) in [6.45, 7) is 5.98. The van der Waals surface area contributed by atoms with E-state index in [0.29, 0.717) is 0 Å². The summed E-state index contributed by atoms with van der Waals surface area (Å²) in [5, 5.41) is 9.40. The second-order valence-electron chi connectivity index (χ2n) is 4.56. The Morgan fingerprint density at radius 1 is 1.12 bits per heavy atom. The highest BCUT2D eigenvalue weighted by Gasteiger charge is 2.25. The highest BCUT2D eigenvalue weighted by atomic mass is 16.5. The SMILES string of the molecule is COc1cc(C(C)(C)CO)c(OC)cc1C. The molecule has 0 fully saturated rings. The molecule has 1 aromatic rings. The van der Waals surface area contributed by atoms with E-state index in [-0.39, 0.29) is 12.0 Å². The molecule has 0 unspecified atom stereocenters. The fourth-order valence-corrected chi connectivity index (χ4v) is 1.66. The zero-order chi connectivity index (χ0) is 12.3. The number of hydrogen-bond acceptors (Lipinski definition) is 3. The number of aliphatic hydroxyl groups is 1. The summed E-state index contributed by atoms with van der Waals surface area (Å²) in [5.74, 6) is 1.61. The van der Waals surface area contributed by atoms with Crippen LogP contribution < -0.4 is 9.47 Å². The number of hydrogen-bond donors (Lipinski definition) is 1. The fourth-order valence-electron chi connectivity index (χ4n) is 1.66. The number of methoxy groups -OCH3 is 2. The molecule has 1 N–H and O–H groups in total. The molecule has 0 aliphatic rings. The van der Waals surface area contributed by atoms with E-state index in [1.807, 2.05) is 32.9 Å². The van der Waals surface area contributed by atoms with E-state index in [0.717, 1.165) is 22.6 Å². The smallest absolute Gasteiger partial charge is 0.123 e. The molecule has 0 bridgehead atoms. The largest absolute Gasteiger partial charge is 0.496 e. The van der Waals surface area contributed by atoms with E-state index in [2.05, 4.69) is 0 Å². The van der Waals surface area contributed by atoms with Crippen LogP contribution in [-0.2, 0) is 5.41 Å². The Morgan fingerprint density at radius 2 is 1.69 bits per heavy atom. The van der Waals surface area contributed by atoms with E-state index in [1.165, 1.54) is 0 Å². The van der Waals surface area contributed by atoms with Crippen molar-refractivity contribution in [1.82, 2.24) is 0 Å². The monoisotopic (exact) mass is 224 g/mol. The molecular weight excluding hydrogens is 204 g/mol. The molecular formula is C13H20O3. The predicted octanol–water partition coefficient (Wildman–Crippen LogP) is 2.28. The molecule has 3 nitrogen and oxygen atoms in total. The molecule has 0 saturated heterocycles. The highest BCUT2D eigenvalue weighted by molar-refractivity contribution is 5.49. The van der Waals surface area contributed by atoms with Gasteiger partial charge in [-0.2, -0.15) is 0 Å². The Morgan fingerprint density at radius 3 is 2.12 bits per heavy atom. The van der Waals surface area contributed by atoms with Gasteiger partial charge in [0.25, 0.3) is 0 Å². The van der Waals surface area contributed by atoms with Crippen LogP contribution in [0.2, 0.25) is 0 Å². The van der Waals surface area contributed by atoms with E-state index >= 15 is 0 Å². The van der Waals surface area contributed by atoms with Crippen LogP contribution in [0.25, 0.3) is 0 Å². The van der Waals surface area contributed by atoms with Gasteiger partial charge in [-0.05, 0) is 24.6 Å². The first kappa shape index (κ1) is 12.8. The Labute approximate surface area is 97.0 Å². The molecule has 0 aliphatic carbocycles. The summed E-state index contributed by atoms with van der Waals surface area (Å²) in [6, 6.07) is 3.87. The molecule has 16 heavy (non-hydrogen) atoms. The predicted molar refractivity (Wildman–Crippen MR) is 64.4 cm³/mol. The molecule has 0 amide bonds. The second-order valence-corrected chi connectivity index (χ2v) is 4.56. The van der Waals surface area contributed by atoms with Crippen LogP contribution in [0.3, 0.4) is 0 Å². The van der Waals surface area contributed by atoms with Crippen molar-refractivity contribution in [1.29, 1.82) is 0 Å². The lowest BCUT2D eigenvalue weighted by Crippen LogP contribution is -2.23. The van der Waals surface area contributed by atoms with Crippen LogP contribution in [0.4, 0.5) is 0 Å². The van der Waals surface area contributed by atoms with E-state index in [1.54, 1.807) is 14.2 Å². The van der Waals surface area contributed by atoms with Crippen LogP contribution in [0.15, 0.2) is 12.1 Å². The van der Waals surface area contributed by atoms with Gasteiger partial charge in [-0.15, -0.1) is 0 Å². The molecule has 0 atom stereocenters. The van der Waals surface area contributed by atoms with Crippen LogP contribution in [0.1, 0.15) is 25.0 Å². The Kier molecular flexibility index (Phi) is 3.81. The van der Waals surface area contributed by atoms with Gasteiger partial charge in [-0.25, -0.2) is 0 Å². The third kappa shape index (κ3) is 2.30. The molecule has 90 valence electrons. The summed E-state index contributed by atoms with van der Waals surface area (Å²) in [4.78, 5) is 0. The van der Waals surface area contributed by atoms with Gasteiger partial charge in [0.05, 0.1) is 20.8 Å². The molecule has 1 rings (SSSR count). The lowest BCUT2D eigenvalue weighted by Gasteiger charge is -2.25. The third-order valence-corrected chi connectivity index (χ3v) is 2.84. The Balaban J connectivity index is 3.36. The fraction of sp³-hybridized carbons (Fsp3) is 0.538. The summed E-state index contributed by atoms with van der Waals surface area (Å²) < 4.78 is 10.6. The van der Waals surface area contributed by atoms with Gasteiger partial charge in [0.2, 0.25) is 0 Å². The first-order valence-electron chi connectivity index (χ1n) is 5.30. The van der Waals surface area contributed by atoms with Crippen molar-refractivity contribution in [2.45, 2.75) is 26.2 Å². The van der Waals surface area contributed by atoms with Gasteiger partial charge >= 0.3 is 0 Å². The topological polar surface area (TPSA) is 38.7 Å². The van der Waals surface area contributed by atoms with Crippen molar-refractivity contribution in [3.8, 4) is 11.5 Å². The van der Waals surface area contributed by atoms with E-state index in [9.17, 15) is 5.11 Å². The van der Waals surface area contributed by atoms with Crippen molar-refractivity contribution >= 4 is 0 Å². The average molecular weight is 224 g/mol. The lowest BCUT2D eigenvalue weighted by atomic mass is 9.84. The van der Waals surface area contributed by atoms with Crippen LogP contribution in [0, 0.1) is 6.92 Å². The van der Waals surface area contributed by atoms with Crippen LogP contribution in [0.5, 0.6) is 11.5 Å². The molecule has 0 radical (unpaired) electrons. The first-order valence-corrected chi connectivity index (χ1v) is 5.30. The first-order chi connectivity index (χ1) is 7.46. The maximum absolute atomic E-state index is 9.40. The maximum atomic E-state index is 9.40. The van der Waals surface area contributed by atoms with Crippen molar-refractivity contribution in [2.24, 2.45) is 0 Å². The molecule has 0 spiro atoms. The normalized spacial score (nSPS) is 11.4. The average Bonchev–Trinajstić information content (AvgIpc) is 2.28. The molecule has 1 aromatic carbocycles. The standard InChI is InChI=1S/C13H20O3/c1-9-6-12(16-5)10(7-11(9)15-4)13(2,3)8-14/h6-7,14H,8H2,1-5H3. The highest BCUT2D eigenvalue weighted by Crippen LogP contribution is 2.36. The Hall–Kier alpha value is -1.22. The van der Waals surface area contributed by atoms with Crippen LogP contribution in [-0.4, -0.2) is 25.9 Å². The number of benzene rings is 1. The van der Waals surface area contributed by atoms with Crippen molar-refractivity contribution in [2.75, 3.05) is 20.8 Å². The van der Waals surface area contributed by atoms with Gasteiger partial charge < -0.3 is 14.6 Å². The van der Waals surface area contributed by atoms with Gasteiger partial charge in [-0.3, -0.25) is 0 Å². The molecule has 3 heteroatoms. The van der Waals surface area contributed by atoms with Gasteiger partial charge in [0, 0.05) is 11.0 Å². The number of aryl methyl sites for hydroxylation is 1. The van der Waals surface area contributed by atoms with E-state index < -0.39 is 0 Å². The number of rotatable bonds is 4. The summed E-state index contributed by atoms with van der Waals surface area (Å²) in [7, 11) is 3.28. The van der Waals surface area contributed by atoms with Crippen molar-refractivity contribution < 1.29 is 14.6 Å². The van der Waals surface area contributed by atoms with Crippen molar-refractivity contribution in [3.63, 3.8) is 0 Å².